The average molecular weight is 311 g/mol. The van der Waals surface area contributed by atoms with Crippen LogP contribution < -0.4 is 10.5 Å². The molecule has 112 valence electrons. The quantitative estimate of drug-likeness (QED) is 0.699. The lowest BCUT2D eigenvalue weighted by atomic mass is 10.2. The van der Waals surface area contributed by atoms with Crippen molar-refractivity contribution in [1.82, 2.24) is 4.72 Å². The van der Waals surface area contributed by atoms with Gasteiger partial charge in [0.2, 0.25) is 0 Å². The summed E-state index contributed by atoms with van der Waals surface area (Å²) in [6.45, 7) is 0.908. The number of aliphatic imine (C=N–C) groups is 1. The predicted octanol–water partition coefficient (Wildman–Crippen LogP) is -0.858. The van der Waals surface area contributed by atoms with Crippen molar-refractivity contribution < 1.29 is 22.7 Å². The number of hydrogen-bond acceptors (Lipinski definition) is 6. The van der Waals surface area contributed by atoms with Gasteiger partial charge >= 0.3 is 5.97 Å². The monoisotopic (exact) mass is 311 g/mol. The summed E-state index contributed by atoms with van der Waals surface area (Å²) < 4.78 is 30.6. The molecule has 1 amide bonds. The first kappa shape index (κ1) is 15.0. The largest absolute Gasteiger partial charge is 0.451 e. The fraction of sp³-hybridized carbons (Fsp3) is 0.250. The lowest BCUT2D eigenvalue weighted by molar-refractivity contribution is -0.152. The highest BCUT2D eigenvalue weighted by Crippen LogP contribution is 2.21. The van der Waals surface area contributed by atoms with Gasteiger partial charge in [-0.2, -0.15) is 0 Å². The Kier molecular flexibility index (Phi) is 3.94. The van der Waals surface area contributed by atoms with E-state index in [1.54, 1.807) is 18.2 Å². The molecule has 3 N–H and O–H groups in total. The van der Waals surface area contributed by atoms with Crippen LogP contribution in [-0.4, -0.2) is 38.8 Å². The zero-order chi connectivity index (χ0) is 15.6. The molecule has 0 spiro atoms. The number of rotatable bonds is 4. The Morgan fingerprint density at radius 2 is 2.05 bits per heavy atom. The van der Waals surface area contributed by atoms with Crippen molar-refractivity contribution in [2.24, 2.45) is 10.7 Å². The summed E-state index contributed by atoms with van der Waals surface area (Å²) in [6, 6.07) is 6.25. The summed E-state index contributed by atoms with van der Waals surface area (Å²) in [5.74, 6) is -1.49. The molecular weight excluding hydrogens is 298 g/mol. The molecule has 0 radical (unpaired) electrons. The van der Waals surface area contributed by atoms with Crippen molar-refractivity contribution in [2.45, 2.75) is 17.9 Å². The van der Waals surface area contributed by atoms with Crippen LogP contribution in [0.15, 0.2) is 34.2 Å². The van der Waals surface area contributed by atoms with Crippen LogP contribution in [-0.2, 0) is 24.3 Å². The maximum atomic E-state index is 11.8. The Morgan fingerprint density at radius 1 is 1.38 bits per heavy atom. The maximum Gasteiger partial charge on any atom is 0.328 e. The molecule has 0 saturated heterocycles. The van der Waals surface area contributed by atoms with Crippen LogP contribution in [0, 0.1) is 0 Å². The smallest absolute Gasteiger partial charge is 0.328 e. The molecule has 1 aliphatic heterocycles. The third-order valence-corrected chi connectivity index (χ3v) is 4.14. The van der Waals surface area contributed by atoms with Crippen molar-refractivity contribution >= 4 is 27.7 Å². The molecule has 1 heterocycles. The molecule has 1 aliphatic rings. The maximum absolute atomic E-state index is 11.8. The first-order chi connectivity index (χ1) is 9.81. The second-order valence-electron chi connectivity index (χ2n) is 4.30. The van der Waals surface area contributed by atoms with Gasteiger partial charge in [0.05, 0.1) is 4.90 Å². The van der Waals surface area contributed by atoms with Crippen LogP contribution in [0.3, 0.4) is 0 Å². The van der Waals surface area contributed by atoms with Gasteiger partial charge in [0, 0.05) is 5.56 Å². The zero-order valence-electron chi connectivity index (χ0n) is 11.1. The van der Waals surface area contributed by atoms with E-state index in [-0.39, 0.29) is 10.7 Å². The van der Waals surface area contributed by atoms with E-state index in [4.69, 9.17) is 10.5 Å². The van der Waals surface area contributed by atoms with Crippen LogP contribution in [0.5, 0.6) is 0 Å². The van der Waals surface area contributed by atoms with E-state index in [1.165, 1.54) is 13.0 Å². The number of amidine groups is 1. The van der Waals surface area contributed by atoms with Crippen LogP contribution in [0.4, 0.5) is 0 Å². The number of hydrogen-bond donors (Lipinski definition) is 2. The summed E-state index contributed by atoms with van der Waals surface area (Å²) >= 11 is 0. The van der Waals surface area contributed by atoms with Crippen LogP contribution in [0.2, 0.25) is 0 Å². The molecule has 1 atom stereocenters. The molecule has 9 heteroatoms. The standard InChI is InChI=1S/C12H13N3O5S/c1-7(11(13)17)20-10(16)6-14-12-8-4-2-3-5-9(8)21(18,19)15-12/h2-5,7H,6H2,1H3,(H2,13,17)(H,14,15)/t7-/m1/s1. The van der Waals surface area contributed by atoms with Gasteiger partial charge in [-0.25, -0.2) is 8.42 Å². The van der Waals surface area contributed by atoms with Crippen LogP contribution in [0.1, 0.15) is 12.5 Å². The summed E-state index contributed by atoms with van der Waals surface area (Å²) in [7, 11) is -3.65. The molecule has 21 heavy (non-hydrogen) atoms. The van der Waals surface area contributed by atoms with Crippen molar-refractivity contribution in [3.63, 3.8) is 0 Å². The Morgan fingerprint density at radius 3 is 2.71 bits per heavy atom. The highest BCUT2D eigenvalue weighted by atomic mass is 32.2. The Balaban J connectivity index is 2.14. The van der Waals surface area contributed by atoms with E-state index in [0.717, 1.165) is 0 Å². The highest BCUT2D eigenvalue weighted by molar-refractivity contribution is 7.90. The second-order valence-corrected chi connectivity index (χ2v) is 5.95. The highest BCUT2D eigenvalue weighted by Gasteiger charge is 2.30. The topological polar surface area (TPSA) is 128 Å². The number of nitrogens with two attached hydrogens (primary N) is 1. The first-order valence-electron chi connectivity index (χ1n) is 5.97. The molecule has 1 aromatic rings. The van der Waals surface area contributed by atoms with E-state index < -0.39 is 34.5 Å². The number of nitrogens with one attached hydrogen (secondary N) is 1. The fourth-order valence-corrected chi connectivity index (χ4v) is 2.94. The number of fused-ring (bicyclic) bond motifs is 1. The second kappa shape index (κ2) is 5.52. The van der Waals surface area contributed by atoms with Crippen LogP contribution in [0.25, 0.3) is 0 Å². The van der Waals surface area contributed by atoms with Gasteiger partial charge in [-0.1, -0.05) is 12.1 Å². The molecule has 2 rings (SSSR count). The molecule has 0 saturated carbocycles. The van der Waals surface area contributed by atoms with E-state index >= 15 is 0 Å². The zero-order valence-corrected chi connectivity index (χ0v) is 11.9. The van der Waals surface area contributed by atoms with E-state index in [9.17, 15) is 18.0 Å². The molecule has 1 aromatic carbocycles. The number of sulfonamides is 1. The van der Waals surface area contributed by atoms with Crippen molar-refractivity contribution in [3.05, 3.63) is 29.8 Å². The normalized spacial score (nSPS) is 18.6. The van der Waals surface area contributed by atoms with Gasteiger partial charge in [-0.05, 0) is 19.1 Å². The molecule has 0 unspecified atom stereocenters. The lowest BCUT2D eigenvalue weighted by Crippen LogP contribution is -2.31. The summed E-state index contributed by atoms with van der Waals surface area (Å²) in [4.78, 5) is 26.2. The van der Waals surface area contributed by atoms with E-state index in [1.807, 2.05) is 0 Å². The molecule has 8 nitrogen and oxygen atoms in total. The van der Waals surface area contributed by atoms with Crippen molar-refractivity contribution in [1.29, 1.82) is 0 Å². The molecule has 0 fully saturated rings. The third kappa shape index (κ3) is 3.19. The number of amides is 1. The number of primary amides is 1. The van der Waals surface area contributed by atoms with E-state index in [2.05, 4.69) is 9.71 Å². The number of carbonyl (C=O) groups is 2. The number of nitrogens with zero attached hydrogens (tertiary/aromatic N) is 1. The van der Waals surface area contributed by atoms with Gasteiger partial charge in [-0.3, -0.25) is 19.3 Å². The third-order valence-electron chi connectivity index (χ3n) is 2.74. The lowest BCUT2D eigenvalue weighted by Gasteiger charge is -2.08. The Labute approximate surface area is 121 Å². The van der Waals surface area contributed by atoms with Crippen LogP contribution >= 0.6 is 0 Å². The average Bonchev–Trinajstić information content (AvgIpc) is 2.68. The predicted molar refractivity (Wildman–Crippen MR) is 72.9 cm³/mol. The number of benzene rings is 1. The van der Waals surface area contributed by atoms with Gasteiger partial charge in [0.1, 0.15) is 12.4 Å². The minimum atomic E-state index is -3.65. The molecule has 0 aliphatic carbocycles. The number of carbonyl (C=O) groups excluding carboxylic acids is 2. The van der Waals surface area contributed by atoms with Gasteiger partial charge < -0.3 is 10.5 Å². The van der Waals surface area contributed by atoms with Crippen molar-refractivity contribution in [2.75, 3.05) is 6.54 Å². The van der Waals surface area contributed by atoms with E-state index in [0.29, 0.717) is 5.56 Å². The molecular formula is C12H13N3O5S. The summed E-state index contributed by atoms with van der Waals surface area (Å²) in [5, 5.41) is 0. The Bertz CT molecular complexity index is 726. The number of ether oxygens (including phenoxy) is 1. The summed E-state index contributed by atoms with van der Waals surface area (Å²) in [6.07, 6.45) is -1.06. The summed E-state index contributed by atoms with van der Waals surface area (Å²) in [5.41, 5.74) is 5.34. The molecule has 0 bridgehead atoms. The SMILES string of the molecule is C[C@@H](OC(=O)CN=C1NS(=O)(=O)c2ccccc21)C(N)=O. The number of esters is 1. The van der Waals surface area contributed by atoms with Crippen molar-refractivity contribution in [3.8, 4) is 0 Å². The Hall–Kier alpha value is -2.42. The fourth-order valence-electron chi connectivity index (χ4n) is 1.69. The van der Waals surface area contributed by atoms with Gasteiger partial charge in [0.25, 0.3) is 15.9 Å². The van der Waals surface area contributed by atoms with Gasteiger partial charge in [-0.15, -0.1) is 0 Å². The minimum absolute atomic E-state index is 0.0641. The van der Waals surface area contributed by atoms with Gasteiger partial charge in [0.15, 0.2) is 6.10 Å². The minimum Gasteiger partial charge on any atom is -0.451 e. The first-order valence-corrected chi connectivity index (χ1v) is 7.45. The molecule has 0 aromatic heterocycles.